The molecule has 1 unspecified atom stereocenters. The number of hydrogen-bond donors (Lipinski definition) is 2. The van der Waals surface area contributed by atoms with Gasteiger partial charge in [-0.25, -0.2) is 0 Å². The van der Waals surface area contributed by atoms with Crippen LogP contribution in [0.2, 0.25) is 0 Å². The van der Waals surface area contributed by atoms with Gasteiger partial charge in [0.15, 0.2) is 0 Å². The van der Waals surface area contributed by atoms with E-state index in [1.807, 2.05) is 24.3 Å². The van der Waals surface area contributed by atoms with Gasteiger partial charge in [-0.1, -0.05) is 36.4 Å². The Bertz CT molecular complexity index is 1600. The lowest BCUT2D eigenvalue weighted by Gasteiger charge is -2.24. The number of carbonyl (C=O) groups is 1. The summed E-state index contributed by atoms with van der Waals surface area (Å²) in [5, 5.41) is 7.10. The number of para-hydroxylation sites is 2. The van der Waals surface area contributed by atoms with Crippen molar-refractivity contribution in [2.45, 2.75) is 33.0 Å². The highest BCUT2D eigenvalue weighted by Gasteiger charge is 2.32. The molecule has 6 rings (SSSR count). The first kappa shape index (κ1) is 19.7. The zero-order valence-electron chi connectivity index (χ0n) is 18.8. The van der Waals surface area contributed by atoms with Crippen molar-refractivity contribution in [2.75, 3.05) is 5.32 Å². The third-order valence-electron chi connectivity index (χ3n) is 6.87. The predicted molar refractivity (Wildman–Crippen MR) is 136 cm³/mol. The van der Waals surface area contributed by atoms with Crippen molar-refractivity contribution >= 4 is 44.2 Å². The van der Waals surface area contributed by atoms with Crippen LogP contribution in [0.15, 0.2) is 78.5 Å². The van der Waals surface area contributed by atoms with Crippen LogP contribution >= 0.6 is 0 Å². The van der Waals surface area contributed by atoms with Crippen LogP contribution in [-0.2, 0) is 13.1 Å². The van der Waals surface area contributed by atoms with E-state index >= 15 is 0 Å². The number of aromatic nitrogens is 2. The van der Waals surface area contributed by atoms with Crippen LogP contribution in [-0.4, -0.2) is 14.9 Å². The van der Waals surface area contributed by atoms with Gasteiger partial charge in [0.1, 0.15) is 0 Å². The van der Waals surface area contributed by atoms with E-state index in [0.29, 0.717) is 11.3 Å². The molecule has 0 saturated heterocycles. The van der Waals surface area contributed by atoms with Crippen LogP contribution in [0.3, 0.4) is 0 Å². The molecule has 5 nitrogen and oxygen atoms in total. The topological polar surface area (TPSA) is 65.0 Å². The minimum Gasteiger partial charge on any atom is -0.396 e. The maximum Gasteiger partial charge on any atom is 0.210 e. The van der Waals surface area contributed by atoms with Crippen molar-refractivity contribution in [3.05, 3.63) is 89.8 Å². The van der Waals surface area contributed by atoms with Gasteiger partial charge in [0.25, 0.3) is 0 Å². The van der Waals surface area contributed by atoms with E-state index in [9.17, 15) is 4.79 Å². The summed E-state index contributed by atoms with van der Waals surface area (Å²) >= 11 is 0. The fraction of sp³-hybridized carbons (Fsp3) is 0.179. The van der Waals surface area contributed by atoms with Gasteiger partial charge in [0.2, 0.25) is 5.78 Å². The van der Waals surface area contributed by atoms with E-state index in [2.05, 4.69) is 76.8 Å². The molecule has 33 heavy (non-hydrogen) atoms. The Balaban J connectivity index is 1.52. The lowest BCUT2D eigenvalue weighted by molar-refractivity contribution is 0.103. The first-order chi connectivity index (χ1) is 16.1. The van der Waals surface area contributed by atoms with Crippen LogP contribution in [0.25, 0.3) is 32.7 Å². The number of anilines is 1. The number of rotatable bonds is 4. The number of carbonyl (C=O) groups excluding carboxylic acids is 1. The van der Waals surface area contributed by atoms with E-state index in [-0.39, 0.29) is 11.8 Å². The third kappa shape index (κ3) is 2.75. The molecule has 164 valence electrons. The van der Waals surface area contributed by atoms with Crippen molar-refractivity contribution < 1.29 is 4.79 Å². The molecule has 2 aromatic heterocycles. The molecule has 0 bridgehead atoms. The lowest BCUT2D eigenvalue weighted by Crippen LogP contribution is -2.25. The average Bonchev–Trinajstić information content (AvgIpc) is 3.35. The Morgan fingerprint density at radius 1 is 0.818 bits per heavy atom. The third-order valence-corrected chi connectivity index (χ3v) is 6.87. The van der Waals surface area contributed by atoms with Crippen molar-refractivity contribution in [2.24, 2.45) is 5.73 Å². The molecule has 0 amide bonds. The van der Waals surface area contributed by atoms with E-state index in [0.717, 1.165) is 35.4 Å². The molecule has 0 radical (unpaired) electrons. The van der Waals surface area contributed by atoms with E-state index < -0.39 is 0 Å². The maximum absolute atomic E-state index is 13.1. The number of nitrogens with zero attached hydrogens (tertiary/aromatic N) is 2. The molecule has 3 aromatic carbocycles. The van der Waals surface area contributed by atoms with Crippen LogP contribution in [0.1, 0.15) is 35.9 Å². The molecule has 2 heterocycles. The van der Waals surface area contributed by atoms with Gasteiger partial charge in [-0.15, -0.1) is 0 Å². The second-order valence-corrected chi connectivity index (χ2v) is 8.59. The van der Waals surface area contributed by atoms with Crippen molar-refractivity contribution in [1.29, 1.82) is 0 Å². The highest BCUT2D eigenvalue weighted by Crippen LogP contribution is 2.38. The molecule has 5 heteroatoms. The molecule has 0 spiro atoms. The Hall–Kier alpha value is -3.99. The summed E-state index contributed by atoms with van der Waals surface area (Å²) in [4.78, 5) is 13.1. The number of Topliss-reactive ketones (excluding diaryl/α,β-unsaturated/α-hetero) is 1. The standard InChI is InChI=1S/C28H26N4O/c1-3-31-23-11-7-5-9-18(23)20-15-17(13-14-25(20)31)30-22-16-21(29)28(33)26-19-10-6-8-12-24(19)32(4-2)27(22)26/h5-16,22,30H,3-4,29H2,1-2H3. The largest absolute Gasteiger partial charge is 0.396 e. The molecule has 3 N–H and O–H groups in total. The van der Waals surface area contributed by atoms with Crippen molar-refractivity contribution in [3.63, 3.8) is 0 Å². The Morgan fingerprint density at radius 2 is 1.45 bits per heavy atom. The molecule has 0 fully saturated rings. The number of aryl methyl sites for hydroxylation is 2. The molecule has 1 aliphatic carbocycles. The fourth-order valence-electron chi connectivity index (χ4n) is 5.48. The van der Waals surface area contributed by atoms with Gasteiger partial charge < -0.3 is 20.2 Å². The number of fused-ring (bicyclic) bond motifs is 6. The zero-order valence-corrected chi connectivity index (χ0v) is 18.8. The summed E-state index contributed by atoms with van der Waals surface area (Å²) in [5.74, 6) is -0.0899. The maximum atomic E-state index is 13.1. The molecule has 5 aromatic rings. The zero-order chi connectivity index (χ0) is 22.7. The van der Waals surface area contributed by atoms with Crippen LogP contribution in [0.5, 0.6) is 0 Å². The number of benzene rings is 3. The summed E-state index contributed by atoms with van der Waals surface area (Å²) in [5.41, 5.74) is 12.8. The predicted octanol–water partition coefficient (Wildman–Crippen LogP) is 5.98. The molecule has 0 saturated carbocycles. The number of nitrogens with one attached hydrogen (secondary N) is 1. The smallest absolute Gasteiger partial charge is 0.210 e. The Labute approximate surface area is 192 Å². The quantitative estimate of drug-likeness (QED) is 0.366. The first-order valence-electron chi connectivity index (χ1n) is 11.5. The van der Waals surface area contributed by atoms with Crippen molar-refractivity contribution in [3.8, 4) is 0 Å². The summed E-state index contributed by atoms with van der Waals surface area (Å²) < 4.78 is 4.57. The van der Waals surface area contributed by atoms with Gasteiger partial charge in [-0.3, -0.25) is 4.79 Å². The number of hydrogen-bond acceptors (Lipinski definition) is 3. The van der Waals surface area contributed by atoms with Crippen LogP contribution < -0.4 is 11.1 Å². The Kier molecular flexibility index (Phi) is 4.34. The molecule has 1 atom stereocenters. The minimum absolute atomic E-state index is 0.0899. The number of allylic oxidation sites excluding steroid dienone is 1. The SMILES string of the molecule is CCn1c2c(c3ccccc31)C(=O)C(N)=CC2Nc1ccc2c(c1)c1ccccc1n2CC. The van der Waals surface area contributed by atoms with Gasteiger partial charge in [0, 0.05) is 51.5 Å². The average molecular weight is 435 g/mol. The van der Waals surface area contributed by atoms with E-state index in [4.69, 9.17) is 5.73 Å². The van der Waals surface area contributed by atoms with Gasteiger partial charge in [0.05, 0.1) is 23.0 Å². The summed E-state index contributed by atoms with van der Waals surface area (Å²) in [6, 6.07) is 22.9. The highest BCUT2D eigenvalue weighted by atomic mass is 16.1. The molecule has 1 aliphatic rings. The first-order valence-corrected chi connectivity index (χ1v) is 11.5. The minimum atomic E-state index is -0.193. The second kappa shape index (κ2) is 7.27. The monoisotopic (exact) mass is 434 g/mol. The normalized spacial score (nSPS) is 15.9. The lowest BCUT2D eigenvalue weighted by atomic mass is 9.94. The second-order valence-electron chi connectivity index (χ2n) is 8.59. The summed E-state index contributed by atoms with van der Waals surface area (Å²) in [6.45, 7) is 5.98. The van der Waals surface area contributed by atoms with E-state index in [1.54, 1.807) is 0 Å². The number of ketones is 1. The molecule has 0 aliphatic heterocycles. The summed E-state index contributed by atoms with van der Waals surface area (Å²) in [7, 11) is 0. The van der Waals surface area contributed by atoms with E-state index in [1.165, 1.54) is 21.8 Å². The van der Waals surface area contributed by atoms with Crippen molar-refractivity contribution in [1.82, 2.24) is 9.13 Å². The Morgan fingerprint density at radius 3 is 2.18 bits per heavy atom. The van der Waals surface area contributed by atoms with Crippen LogP contribution in [0.4, 0.5) is 5.69 Å². The van der Waals surface area contributed by atoms with Gasteiger partial charge in [-0.05, 0) is 50.3 Å². The molecular formula is C28H26N4O. The van der Waals surface area contributed by atoms with Gasteiger partial charge in [-0.2, -0.15) is 0 Å². The van der Waals surface area contributed by atoms with Crippen LogP contribution in [0, 0.1) is 0 Å². The highest BCUT2D eigenvalue weighted by molar-refractivity contribution is 6.18. The fourth-order valence-corrected chi connectivity index (χ4v) is 5.48. The van der Waals surface area contributed by atoms with Gasteiger partial charge >= 0.3 is 0 Å². The molecular weight excluding hydrogens is 408 g/mol. The number of nitrogens with two attached hydrogens (primary N) is 1. The summed E-state index contributed by atoms with van der Waals surface area (Å²) in [6.07, 6.45) is 1.86.